The van der Waals surface area contributed by atoms with Crippen LogP contribution in [0.1, 0.15) is 52.2 Å². The third-order valence-electron chi connectivity index (χ3n) is 5.11. The summed E-state index contributed by atoms with van der Waals surface area (Å²) >= 11 is 0. The van der Waals surface area contributed by atoms with Gasteiger partial charge in [0.2, 0.25) is 0 Å². The normalized spacial score (nSPS) is 12.9. The lowest BCUT2D eigenvalue weighted by atomic mass is 9.81. The molecule has 0 aliphatic rings. The zero-order chi connectivity index (χ0) is 20.1. The van der Waals surface area contributed by atoms with Crippen LogP contribution in [0.25, 0.3) is 0 Å². The second kappa shape index (κ2) is 8.61. The fraction of sp³-hybridized carbons (Fsp3) is 0.208. The molecule has 0 aromatic heterocycles. The molecule has 4 nitrogen and oxygen atoms in total. The van der Waals surface area contributed by atoms with Crippen molar-refractivity contribution in [1.29, 1.82) is 0 Å². The zero-order valence-electron chi connectivity index (χ0n) is 16.0. The van der Waals surface area contributed by atoms with Gasteiger partial charge in [0.15, 0.2) is 11.5 Å². The monoisotopic (exact) mass is 376 g/mol. The van der Waals surface area contributed by atoms with E-state index in [0.717, 1.165) is 17.5 Å². The molecule has 144 valence electrons. The Morgan fingerprint density at radius 1 is 0.929 bits per heavy atom. The molecule has 0 radical (unpaired) electrons. The number of benzene rings is 3. The van der Waals surface area contributed by atoms with Gasteiger partial charge in [0.1, 0.15) is 5.56 Å². The lowest BCUT2D eigenvalue weighted by Crippen LogP contribution is -2.09. The molecule has 3 aromatic carbocycles. The number of rotatable bonds is 7. The molecular weight excluding hydrogens is 352 g/mol. The van der Waals surface area contributed by atoms with E-state index in [-0.39, 0.29) is 28.9 Å². The van der Waals surface area contributed by atoms with Crippen molar-refractivity contribution in [2.45, 2.75) is 25.2 Å². The summed E-state index contributed by atoms with van der Waals surface area (Å²) in [5, 5.41) is 19.7. The van der Waals surface area contributed by atoms with Gasteiger partial charge in [0, 0.05) is 5.92 Å². The Labute approximate surface area is 165 Å². The van der Waals surface area contributed by atoms with E-state index in [9.17, 15) is 15.0 Å². The van der Waals surface area contributed by atoms with Gasteiger partial charge in [-0.25, -0.2) is 4.79 Å². The van der Waals surface area contributed by atoms with Gasteiger partial charge < -0.3 is 14.9 Å². The summed E-state index contributed by atoms with van der Waals surface area (Å²) in [5.74, 6) is -1.13. The highest BCUT2D eigenvalue weighted by Gasteiger charge is 2.23. The number of ether oxygens (including phenoxy) is 1. The van der Waals surface area contributed by atoms with Gasteiger partial charge in [0.05, 0.1) is 7.11 Å². The minimum atomic E-state index is -1.18. The van der Waals surface area contributed by atoms with E-state index in [1.54, 1.807) is 12.1 Å². The second-order valence-electron chi connectivity index (χ2n) is 6.94. The second-order valence-corrected chi connectivity index (χ2v) is 6.94. The van der Waals surface area contributed by atoms with Crippen molar-refractivity contribution in [3.05, 3.63) is 95.1 Å². The summed E-state index contributed by atoms with van der Waals surface area (Å²) in [6.45, 7) is 2.17. The van der Waals surface area contributed by atoms with Crippen molar-refractivity contribution >= 4 is 5.97 Å². The lowest BCUT2D eigenvalue weighted by molar-refractivity contribution is 0.0693. The summed E-state index contributed by atoms with van der Waals surface area (Å²) in [7, 11) is 1.43. The van der Waals surface area contributed by atoms with E-state index >= 15 is 0 Å². The summed E-state index contributed by atoms with van der Waals surface area (Å²) in [6.07, 6.45) is 0.793. The van der Waals surface area contributed by atoms with Crippen LogP contribution in [0.2, 0.25) is 0 Å². The highest BCUT2D eigenvalue weighted by molar-refractivity contribution is 5.92. The number of hydrogen-bond acceptors (Lipinski definition) is 3. The van der Waals surface area contributed by atoms with E-state index in [1.807, 2.05) is 48.5 Å². The van der Waals surface area contributed by atoms with Crippen molar-refractivity contribution in [3.8, 4) is 11.5 Å². The van der Waals surface area contributed by atoms with Crippen LogP contribution >= 0.6 is 0 Å². The maximum atomic E-state index is 11.6. The van der Waals surface area contributed by atoms with Crippen LogP contribution < -0.4 is 4.74 Å². The maximum absolute atomic E-state index is 11.6. The van der Waals surface area contributed by atoms with Gasteiger partial charge in [-0.3, -0.25) is 0 Å². The highest BCUT2D eigenvalue weighted by Crippen LogP contribution is 2.40. The quantitative estimate of drug-likeness (QED) is 0.577. The Bertz CT molecular complexity index is 936. The number of carboxylic acid groups (broad SMARTS) is 1. The average Bonchev–Trinajstić information content (AvgIpc) is 2.73. The van der Waals surface area contributed by atoms with E-state index in [2.05, 4.69) is 19.1 Å². The van der Waals surface area contributed by atoms with E-state index < -0.39 is 5.97 Å². The number of phenols is 1. The first-order valence-electron chi connectivity index (χ1n) is 9.25. The van der Waals surface area contributed by atoms with Crippen LogP contribution in [-0.4, -0.2) is 23.3 Å². The summed E-state index contributed by atoms with van der Waals surface area (Å²) in [5.41, 5.74) is 2.98. The first-order valence-corrected chi connectivity index (χ1v) is 9.25. The molecule has 0 saturated heterocycles. The minimum Gasteiger partial charge on any atom is -0.504 e. The molecule has 2 atom stereocenters. The van der Waals surface area contributed by atoms with Crippen molar-refractivity contribution in [1.82, 2.24) is 0 Å². The number of carbonyl (C=O) groups is 1. The molecule has 0 aliphatic heterocycles. The molecule has 0 amide bonds. The van der Waals surface area contributed by atoms with Gasteiger partial charge >= 0.3 is 5.97 Å². The van der Waals surface area contributed by atoms with Crippen LogP contribution in [0.5, 0.6) is 11.5 Å². The molecule has 3 rings (SSSR count). The number of methoxy groups -OCH3 is 1. The molecule has 0 aliphatic carbocycles. The summed E-state index contributed by atoms with van der Waals surface area (Å²) in [6, 6.07) is 23.5. The molecular formula is C24H24O4. The van der Waals surface area contributed by atoms with Crippen LogP contribution in [-0.2, 0) is 0 Å². The van der Waals surface area contributed by atoms with E-state index in [4.69, 9.17) is 4.74 Å². The SMILES string of the molecule is COc1cc(C(CC(C)c2ccccc2)c2ccccc2)cc(C(=O)O)c1O. The summed E-state index contributed by atoms with van der Waals surface area (Å²) in [4.78, 5) is 11.6. The standard InChI is InChI=1S/C24H24O4/c1-16(17-9-5-3-6-10-17)13-20(18-11-7-4-8-12-18)19-14-21(24(26)27)23(25)22(15-19)28-2/h3-12,14-16,20,25H,13H2,1-2H3,(H,26,27). The Morgan fingerprint density at radius 2 is 1.50 bits per heavy atom. The molecule has 2 N–H and O–H groups in total. The van der Waals surface area contributed by atoms with Gasteiger partial charge in [-0.2, -0.15) is 0 Å². The largest absolute Gasteiger partial charge is 0.504 e. The first-order chi connectivity index (χ1) is 13.5. The smallest absolute Gasteiger partial charge is 0.339 e. The Hall–Kier alpha value is -3.27. The average molecular weight is 376 g/mol. The fourth-order valence-electron chi connectivity index (χ4n) is 3.57. The number of aromatic hydroxyl groups is 1. The molecule has 0 spiro atoms. The third-order valence-corrected chi connectivity index (χ3v) is 5.11. The highest BCUT2D eigenvalue weighted by atomic mass is 16.5. The van der Waals surface area contributed by atoms with Gasteiger partial charge in [-0.15, -0.1) is 0 Å². The first kappa shape index (κ1) is 19.5. The number of hydrogen-bond donors (Lipinski definition) is 2. The third kappa shape index (κ3) is 4.17. The molecule has 4 heteroatoms. The lowest BCUT2D eigenvalue weighted by Gasteiger charge is -2.24. The van der Waals surface area contributed by atoms with Gasteiger partial charge in [-0.05, 0) is 41.2 Å². The van der Waals surface area contributed by atoms with E-state index in [0.29, 0.717) is 0 Å². The predicted molar refractivity (Wildman–Crippen MR) is 109 cm³/mol. The fourth-order valence-corrected chi connectivity index (χ4v) is 3.57. The van der Waals surface area contributed by atoms with Crippen molar-refractivity contribution in [3.63, 3.8) is 0 Å². The predicted octanol–water partition coefficient (Wildman–Crippen LogP) is 5.42. The van der Waals surface area contributed by atoms with E-state index in [1.165, 1.54) is 12.7 Å². The molecule has 0 fully saturated rings. The van der Waals surface area contributed by atoms with Gasteiger partial charge in [0.25, 0.3) is 0 Å². The molecule has 0 saturated carbocycles. The van der Waals surface area contributed by atoms with Crippen LogP contribution in [0, 0.1) is 0 Å². The molecule has 3 aromatic rings. The van der Waals surface area contributed by atoms with Gasteiger partial charge in [-0.1, -0.05) is 67.6 Å². The van der Waals surface area contributed by atoms with Crippen molar-refractivity contribution < 1.29 is 19.7 Å². The summed E-state index contributed by atoms with van der Waals surface area (Å²) < 4.78 is 5.24. The zero-order valence-corrected chi connectivity index (χ0v) is 16.0. The Kier molecular flexibility index (Phi) is 5.99. The molecule has 0 bridgehead atoms. The molecule has 0 heterocycles. The number of aromatic carboxylic acids is 1. The van der Waals surface area contributed by atoms with Crippen molar-refractivity contribution in [2.75, 3.05) is 7.11 Å². The molecule has 28 heavy (non-hydrogen) atoms. The van der Waals surface area contributed by atoms with Crippen LogP contribution in [0.15, 0.2) is 72.8 Å². The minimum absolute atomic E-state index is 0.0380. The molecule has 2 unspecified atom stereocenters. The number of carboxylic acids is 1. The van der Waals surface area contributed by atoms with Crippen LogP contribution in [0.3, 0.4) is 0 Å². The maximum Gasteiger partial charge on any atom is 0.339 e. The van der Waals surface area contributed by atoms with Crippen molar-refractivity contribution in [2.24, 2.45) is 0 Å². The topological polar surface area (TPSA) is 66.8 Å². The van der Waals surface area contributed by atoms with Crippen LogP contribution in [0.4, 0.5) is 0 Å². The Balaban J connectivity index is 2.07. The Morgan fingerprint density at radius 3 is 2.04 bits per heavy atom.